The highest BCUT2D eigenvalue weighted by Crippen LogP contribution is 2.18. The van der Waals surface area contributed by atoms with Gasteiger partial charge in [0, 0.05) is 30.8 Å². The van der Waals surface area contributed by atoms with Crippen LogP contribution in [-0.4, -0.2) is 38.7 Å². The van der Waals surface area contributed by atoms with Gasteiger partial charge >= 0.3 is 0 Å². The maximum Gasteiger partial charge on any atom is 0.255 e. The Kier molecular flexibility index (Phi) is 5.57. The van der Waals surface area contributed by atoms with Crippen LogP contribution in [0.2, 0.25) is 0 Å². The van der Waals surface area contributed by atoms with Gasteiger partial charge in [-0.05, 0) is 55.4 Å². The quantitative estimate of drug-likeness (QED) is 0.792. The monoisotopic (exact) mass is 387 g/mol. The average Bonchev–Trinajstić information content (AvgIpc) is 3.06. The Morgan fingerprint density at radius 2 is 1.89 bits per heavy atom. The van der Waals surface area contributed by atoms with E-state index >= 15 is 0 Å². The van der Waals surface area contributed by atoms with Gasteiger partial charge in [-0.3, -0.25) is 9.59 Å². The second-order valence-electron chi connectivity index (χ2n) is 6.31. The van der Waals surface area contributed by atoms with Gasteiger partial charge in [0.05, 0.1) is 4.90 Å². The van der Waals surface area contributed by atoms with E-state index in [-0.39, 0.29) is 16.7 Å². The number of nitrogens with zero attached hydrogens (tertiary/aromatic N) is 1. The minimum atomic E-state index is -3.54. The van der Waals surface area contributed by atoms with E-state index in [4.69, 9.17) is 0 Å². The maximum atomic E-state index is 12.4. The Labute approximate surface area is 158 Å². The van der Waals surface area contributed by atoms with E-state index in [0.29, 0.717) is 24.2 Å². The number of carbonyl (C=O) groups is 2. The molecule has 1 aliphatic heterocycles. The van der Waals surface area contributed by atoms with Crippen molar-refractivity contribution < 1.29 is 18.0 Å². The van der Waals surface area contributed by atoms with Crippen molar-refractivity contribution in [3.05, 3.63) is 59.7 Å². The third-order valence-corrected chi connectivity index (χ3v) is 5.86. The second-order valence-corrected chi connectivity index (χ2v) is 8.19. The predicted octanol–water partition coefficient (Wildman–Crippen LogP) is 1.97. The van der Waals surface area contributed by atoms with Gasteiger partial charge in [-0.15, -0.1) is 0 Å². The standard InChI is InChI=1S/C19H21N3O4S/c1-20-27(25,26)17-9-7-15(8-10-17)19(24)21-16-5-2-4-14(12-16)13-22-11-3-6-18(22)23/h2,4-5,7-10,12,20H,3,6,11,13H2,1H3,(H,21,24). The molecule has 1 saturated heterocycles. The molecule has 3 rings (SSSR count). The van der Waals surface area contributed by atoms with Crippen molar-refractivity contribution in [2.24, 2.45) is 0 Å². The van der Waals surface area contributed by atoms with Gasteiger partial charge in [-0.2, -0.15) is 0 Å². The van der Waals surface area contributed by atoms with Crippen molar-refractivity contribution in [2.45, 2.75) is 24.3 Å². The summed E-state index contributed by atoms with van der Waals surface area (Å²) < 4.78 is 25.7. The van der Waals surface area contributed by atoms with Crippen LogP contribution in [-0.2, 0) is 21.4 Å². The van der Waals surface area contributed by atoms with Crippen molar-refractivity contribution in [1.82, 2.24) is 9.62 Å². The molecule has 8 heteroatoms. The molecule has 0 saturated carbocycles. The molecule has 7 nitrogen and oxygen atoms in total. The first-order valence-electron chi connectivity index (χ1n) is 8.61. The molecular weight excluding hydrogens is 366 g/mol. The second kappa shape index (κ2) is 7.89. The molecule has 2 aromatic rings. The van der Waals surface area contributed by atoms with E-state index in [1.165, 1.54) is 31.3 Å². The highest BCUT2D eigenvalue weighted by molar-refractivity contribution is 7.89. The van der Waals surface area contributed by atoms with E-state index in [9.17, 15) is 18.0 Å². The summed E-state index contributed by atoms with van der Waals surface area (Å²) in [5.41, 5.74) is 1.92. The van der Waals surface area contributed by atoms with E-state index in [1.54, 1.807) is 6.07 Å². The molecule has 0 aliphatic carbocycles. The molecule has 2 aromatic carbocycles. The van der Waals surface area contributed by atoms with Crippen molar-refractivity contribution in [1.29, 1.82) is 0 Å². The predicted molar refractivity (Wildman–Crippen MR) is 102 cm³/mol. The van der Waals surface area contributed by atoms with Gasteiger partial charge in [0.25, 0.3) is 5.91 Å². The highest BCUT2D eigenvalue weighted by atomic mass is 32.2. The Balaban J connectivity index is 1.69. The Hall–Kier alpha value is -2.71. The minimum Gasteiger partial charge on any atom is -0.338 e. The summed E-state index contributed by atoms with van der Waals surface area (Å²) >= 11 is 0. The molecule has 0 radical (unpaired) electrons. The Morgan fingerprint density at radius 1 is 1.15 bits per heavy atom. The van der Waals surface area contributed by atoms with Crippen molar-refractivity contribution in [3.8, 4) is 0 Å². The molecule has 0 spiro atoms. The zero-order valence-electron chi connectivity index (χ0n) is 14.9. The fourth-order valence-electron chi connectivity index (χ4n) is 2.95. The SMILES string of the molecule is CNS(=O)(=O)c1ccc(C(=O)Nc2cccc(CN3CCCC3=O)c2)cc1. The van der Waals surface area contributed by atoms with Crippen LogP contribution >= 0.6 is 0 Å². The first-order valence-corrected chi connectivity index (χ1v) is 10.1. The van der Waals surface area contributed by atoms with Gasteiger partial charge in [0.15, 0.2) is 0 Å². The zero-order chi connectivity index (χ0) is 19.4. The summed E-state index contributed by atoms with van der Waals surface area (Å²) in [5, 5.41) is 2.80. The summed E-state index contributed by atoms with van der Waals surface area (Å²) in [6.45, 7) is 1.29. The molecule has 0 aromatic heterocycles. The largest absolute Gasteiger partial charge is 0.338 e. The summed E-state index contributed by atoms with van der Waals surface area (Å²) in [7, 11) is -2.20. The van der Waals surface area contributed by atoms with E-state index in [0.717, 1.165) is 18.5 Å². The molecule has 0 unspecified atom stereocenters. The molecular formula is C19H21N3O4S. The fourth-order valence-corrected chi connectivity index (χ4v) is 3.68. The first kappa shape index (κ1) is 19.1. The number of carbonyl (C=O) groups excluding carboxylic acids is 2. The number of amides is 2. The molecule has 0 atom stereocenters. The van der Waals surface area contributed by atoms with Crippen LogP contribution in [0.5, 0.6) is 0 Å². The third-order valence-electron chi connectivity index (χ3n) is 4.43. The number of nitrogens with one attached hydrogen (secondary N) is 2. The van der Waals surface area contributed by atoms with E-state index < -0.39 is 10.0 Å². The normalized spacial score (nSPS) is 14.4. The van der Waals surface area contributed by atoms with E-state index in [1.807, 2.05) is 23.1 Å². The number of hydrogen-bond acceptors (Lipinski definition) is 4. The summed E-state index contributed by atoms with van der Waals surface area (Å²) in [4.78, 5) is 26.1. The summed E-state index contributed by atoms with van der Waals surface area (Å²) in [6, 6.07) is 13.0. The van der Waals surface area contributed by atoms with Crippen LogP contribution in [0.25, 0.3) is 0 Å². The number of rotatable bonds is 6. The van der Waals surface area contributed by atoms with Crippen LogP contribution < -0.4 is 10.0 Å². The van der Waals surface area contributed by atoms with Crippen molar-refractivity contribution in [2.75, 3.05) is 18.9 Å². The highest BCUT2D eigenvalue weighted by Gasteiger charge is 2.20. The molecule has 0 bridgehead atoms. The molecule has 27 heavy (non-hydrogen) atoms. The number of anilines is 1. The summed E-state index contributed by atoms with van der Waals surface area (Å²) in [6.07, 6.45) is 1.48. The van der Waals surface area contributed by atoms with Gasteiger partial charge in [0.1, 0.15) is 0 Å². The number of likely N-dealkylation sites (tertiary alicyclic amines) is 1. The van der Waals surface area contributed by atoms with Crippen LogP contribution in [0.15, 0.2) is 53.4 Å². The number of sulfonamides is 1. The zero-order valence-corrected chi connectivity index (χ0v) is 15.8. The van der Waals surface area contributed by atoms with Crippen LogP contribution in [0.4, 0.5) is 5.69 Å². The van der Waals surface area contributed by atoms with Gasteiger partial charge < -0.3 is 10.2 Å². The Morgan fingerprint density at radius 3 is 2.52 bits per heavy atom. The molecule has 2 amide bonds. The molecule has 2 N–H and O–H groups in total. The van der Waals surface area contributed by atoms with Gasteiger partial charge in [-0.25, -0.2) is 13.1 Å². The minimum absolute atomic E-state index is 0.0961. The molecule has 1 aliphatic rings. The van der Waals surface area contributed by atoms with Crippen LogP contribution in [0.3, 0.4) is 0 Å². The van der Waals surface area contributed by atoms with Gasteiger partial charge in [0.2, 0.25) is 15.9 Å². The smallest absolute Gasteiger partial charge is 0.255 e. The van der Waals surface area contributed by atoms with E-state index in [2.05, 4.69) is 10.0 Å². The molecule has 142 valence electrons. The topological polar surface area (TPSA) is 95.6 Å². The van der Waals surface area contributed by atoms with Crippen LogP contribution in [0, 0.1) is 0 Å². The van der Waals surface area contributed by atoms with Crippen molar-refractivity contribution in [3.63, 3.8) is 0 Å². The van der Waals surface area contributed by atoms with Crippen LogP contribution in [0.1, 0.15) is 28.8 Å². The van der Waals surface area contributed by atoms with Crippen molar-refractivity contribution >= 4 is 27.5 Å². The molecule has 1 heterocycles. The number of benzene rings is 2. The lowest BCUT2D eigenvalue weighted by atomic mass is 10.1. The summed E-state index contributed by atoms with van der Waals surface area (Å²) in [5.74, 6) is -0.182. The molecule has 1 fully saturated rings. The number of hydrogen-bond donors (Lipinski definition) is 2. The lowest BCUT2D eigenvalue weighted by molar-refractivity contribution is -0.128. The van der Waals surface area contributed by atoms with Gasteiger partial charge in [-0.1, -0.05) is 12.1 Å². The average molecular weight is 387 g/mol. The first-order chi connectivity index (χ1) is 12.9. The lowest BCUT2D eigenvalue weighted by Crippen LogP contribution is -2.23. The third kappa shape index (κ3) is 4.53. The Bertz CT molecular complexity index is 955. The lowest BCUT2D eigenvalue weighted by Gasteiger charge is -2.16. The fraction of sp³-hybridized carbons (Fsp3) is 0.263. The maximum absolute atomic E-state index is 12.4.